The van der Waals surface area contributed by atoms with Gasteiger partial charge in [0.2, 0.25) is 17.7 Å². The van der Waals surface area contributed by atoms with Gasteiger partial charge in [-0.05, 0) is 38.8 Å². The number of para-hydroxylation sites is 1. The molecule has 0 aliphatic heterocycles. The zero-order valence-electron chi connectivity index (χ0n) is 19.2. The average molecular weight is 449 g/mol. The summed E-state index contributed by atoms with van der Waals surface area (Å²) in [5, 5.41) is 5.19. The van der Waals surface area contributed by atoms with Crippen molar-refractivity contribution in [2.75, 3.05) is 5.32 Å². The predicted octanol–water partition coefficient (Wildman–Crippen LogP) is 5.18. The van der Waals surface area contributed by atoms with E-state index in [0.717, 1.165) is 11.1 Å². The Hall–Kier alpha value is -3.94. The average Bonchev–Trinajstić information content (AvgIpc) is 2.77. The molecular formula is C25H28N4O4. The maximum absolute atomic E-state index is 12.7. The maximum atomic E-state index is 12.7. The van der Waals surface area contributed by atoms with Gasteiger partial charge in [-0.15, -0.1) is 0 Å². The monoisotopic (exact) mass is 448 g/mol. The summed E-state index contributed by atoms with van der Waals surface area (Å²) in [7, 11) is 0. The Kier molecular flexibility index (Phi) is 7.61. The second-order valence-corrected chi connectivity index (χ2v) is 8.28. The summed E-state index contributed by atoms with van der Waals surface area (Å²) < 4.78 is 11.2. The SMILES string of the molecule is CC[C@@H](NC(=O)OC(C)(C)C)C(=O)Nc1nccc(Oc2ccccc2-c2ccccc2)n1. The first-order valence-corrected chi connectivity index (χ1v) is 10.7. The van der Waals surface area contributed by atoms with Crippen molar-refractivity contribution in [1.82, 2.24) is 15.3 Å². The van der Waals surface area contributed by atoms with Crippen molar-refractivity contribution in [3.05, 3.63) is 66.9 Å². The summed E-state index contributed by atoms with van der Waals surface area (Å²) in [5.41, 5.74) is 1.26. The highest BCUT2D eigenvalue weighted by atomic mass is 16.6. The highest BCUT2D eigenvalue weighted by Crippen LogP contribution is 2.32. The smallest absolute Gasteiger partial charge is 0.408 e. The van der Waals surface area contributed by atoms with Crippen LogP contribution >= 0.6 is 0 Å². The molecule has 1 aromatic heterocycles. The Labute approximate surface area is 193 Å². The molecule has 1 heterocycles. The van der Waals surface area contributed by atoms with Crippen LogP contribution in [0.15, 0.2) is 66.9 Å². The lowest BCUT2D eigenvalue weighted by atomic mass is 10.1. The molecule has 0 aliphatic rings. The van der Waals surface area contributed by atoms with Crippen molar-refractivity contribution in [3.8, 4) is 22.8 Å². The van der Waals surface area contributed by atoms with Gasteiger partial charge in [0.25, 0.3) is 0 Å². The van der Waals surface area contributed by atoms with Crippen LogP contribution in [0.1, 0.15) is 34.1 Å². The summed E-state index contributed by atoms with van der Waals surface area (Å²) in [6, 6.07) is 18.3. The Balaban J connectivity index is 1.70. The summed E-state index contributed by atoms with van der Waals surface area (Å²) in [4.78, 5) is 33.1. The van der Waals surface area contributed by atoms with Crippen molar-refractivity contribution < 1.29 is 19.1 Å². The molecule has 2 aromatic carbocycles. The van der Waals surface area contributed by atoms with Crippen LogP contribution in [0.2, 0.25) is 0 Å². The normalized spacial score (nSPS) is 11.9. The molecule has 0 saturated carbocycles. The van der Waals surface area contributed by atoms with Gasteiger partial charge in [-0.2, -0.15) is 4.98 Å². The minimum Gasteiger partial charge on any atom is -0.444 e. The van der Waals surface area contributed by atoms with Crippen molar-refractivity contribution in [2.45, 2.75) is 45.8 Å². The maximum Gasteiger partial charge on any atom is 0.408 e. The molecule has 2 N–H and O–H groups in total. The van der Waals surface area contributed by atoms with E-state index in [1.807, 2.05) is 54.6 Å². The molecule has 172 valence electrons. The predicted molar refractivity (Wildman–Crippen MR) is 126 cm³/mol. The lowest BCUT2D eigenvalue weighted by molar-refractivity contribution is -0.118. The van der Waals surface area contributed by atoms with E-state index in [1.54, 1.807) is 33.8 Å². The number of hydrogen-bond acceptors (Lipinski definition) is 6. The molecule has 3 aromatic rings. The van der Waals surface area contributed by atoms with Crippen molar-refractivity contribution >= 4 is 17.9 Å². The number of rotatable bonds is 7. The first-order valence-electron chi connectivity index (χ1n) is 10.7. The highest BCUT2D eigenvalue weighted by Gasteiger charge is 2.23. The van der Waals surface area contributed by atoms with E-state index in [1.165, 1.54) is 6.20 Å². The van der Waals surface area contributed by atoms with Gasteiger partial charge < -0.3 is 14.8 Å². The quantitative estimate of drug-likeness (QED) is 0.516. The van der Waals surface area contributed by atoms with E-state index in [2.05, 4.69) is 20.6 Å². The van der Waals surface area contributed by atoms with Crippen LogP contribution < -0.4 is 15.4 Å². The van der Waals surface area contributed by atoms with E-state index in [0.29, 0.717) is 12.2 Å². The van der Waals surface area contributed by atoms with Crippen LogP contribution in [-0.4, -0.2) is 33.6 Å². The topological polar surface area (TPSA) is 102 Å². The molecule has 0 saturated heterocycles. The first kappa shape index (κ1) is 23.7. The first-order chi connectivity index (χ1) is 15.7. The number of ether oxygens (including phenoxy) is 2. The summed E-state index contributed by atoms with van der Waals surface area (Å²) >= 11 is 0. The Morgan fingerprint density at radius 2 is 1.70 bits per heavy atom. The molecule has 0 bridgehead atoms. The van der Waals surface area contributed by atoms with Crippen LogP contribution in [0.4, 0.5) is 10.7 Å². The lowest BCUT2D eigenvalue weighted by Crippen LogP contribution is -2.45. The number of nitrogens with one attached hydrogen (secondary N) is 2. The van der Waals surface area contributed by atoms with E-state index in [-0.39, 0.29) is 11.8 Å². The number of carbonyl (C=O) groups is 2. The number of carbonyl (C=O) groups excluding carboxylic acids is 2. The number of amides is 2. The minimum atomic E-state index is -0.799. The number of nitrogens with zero attached hydrogens (tertiary/aromatic N) is 2. The Morgan fingerprint density at radius 1 is 1.00 bits per heavy atom. The van der Waals surface area contributed by atoms with Crippen LogP contribution in [-0.2, 0) is 9.53 Å². The van der Waals surface area contributed by atoms with Crippen LogP contribution in [0.25, 0.3) is 11.1 Å². The van der Waals surface area contributed by atoms with E-state index in [9.17, 15) is 9.59 Å². The van der Waals surface area contributed by atoms with Crippen LogP contribution in [0, 0.1) is 0 Å². The molecule has 0 unspecified atom stereocenters. The van der Waals surface area contributed by atoms with Gasteiger partial charge in [0, 0.05) is 17.8 Å². The molecule has 8 nitrogen and oxygen atoms in total. The third kappa shape index (κ3) is 7.03. The fourth-order valence-electron chi connectivity index (χ4n) is 2.98. The number of anilines is 1. The number of alkyl carbamates (subject to hydrolysis) is 1. The molecule has 1 atom stereocenters. The number of aromatic nitrogens is 2. The zero-order chi connectivity index (χ0) is 23.8. The fourth-order valence-corrected chi connectivity index (χ4v) is 2.98. The van der Waals surface area contributed by atoms with Gasteiger partial charge in [-0.1, -0.05) is 55.5 Å². The van der Waals surface area contributed by atoms with Gasteiger partial charge in [-0.25, -0.2) is 9.78 Å². The van der Waals surface area contributed by atoms with Crippen molar-refractivity contribution in [1.29, 1.82) is 0 Å². The molecule has 0 aliphatic carbocycles. The number of benzene rings is 2. The molecule has 0 spiro atoms. The fraction of sp³-hybridized carbons (Fsp3) is 0.280. The molecule has 3 rings (SSSR count). The second kappa shape index (κ2) is 10.6. The molecule has 33 heavy (non-hydrogen) atoms. The Bertz CT molecular complexity index is 1100. The second-order valence-electron chi connectivity index (χ2n) is 8.28. The van der Waals surface area contributed by atoms with Gasteiger partial charge in [-0.3, -0.25) is 10.1 Å². The standard InChI is InChI=1S/C25H28N4O4/c1-5-19(27-24(31)33-25(2,3)4)22(30)29-23-26-16-15-21(28-23)32-20-14-10-9-13-18(20)17-11-7-6-8-12-17/h6-16,19H,5H2,1-4H3,(H,27,31)(H,26,28,29,30)/t19-/m1/s1. The van der Waals surface area contributed by atoms with Gasteiger partial charge >= 0.3 is 6.09 Å². The third-order valence-corrected chi connectivity index (χ3v) is 4.47. The van der Waals surface area contributed by atoms with Crippen molar-refractivity contribution in [3.63, 3.8) is 0 Å². The lowest BCUT2D eigenvalue weighted by Gasteiger charge is -2.22. The summed E-state index contributed by atoms with van der Waals surface area (Å²) in [6.07, 6.45) is 1.19. The molecule has 2 amide bonds. The highest BCUT2D eigenvalue weighted by molar-refractivity contribution is 5.95. The number of hydrogen-bond donors (Lipinski definition) is 2. The molecular weight excluding hydrogens is 420 g/mol. The van der Waals surface area contributed by atoms with Gasteiger partial charge in [0.1, 0.15) is 17.4 Å². The van der Waals surface area contributed by atoms with E-state index >= 15 is 0 Å². The summed E-state index contributed by atoms with van der Waals surface area (Å²) in [5.74, 6) is 0.513. The largest absolute Gasteiger partial charge is 0.444 e. The molecule has 0 radical (unpaired) electrons. The zero-order valence-corrected chi connectivity index (χ0v) is 19.2. The van der Waals surface area contributed by atoms with Crippen molar-refractivity contribution in [2.24, 2.45) is 0 Å². The Morgan fingerprint density at radius 3 is 2.39 bits per heavy atom. The molecule has 0 fully saturated rings. The summed E-state index contributed by atoms with van der Waals surface area (Å²) in [6.45, 7) is 7.04. The van der Waals surface area contributed by atoms with Gasteiger partial charge in [0.15, 0.2) is 0 Å². The molecule has 8 heteroatoms. The van der Waals surface area contributed by atoms with E-state index in [4.69, 9.17) is 9.47 Å². The van der Waals surface area contributed by atoms with Crippen LogP contribution in [0.3, 0.4) is 0 Å². The van der Waals surface area contributed by atoms with Gasteiger partial charge in [0.05, 0.1) is 0 Å². The van der Waals surface area contributed by atoms with E-state index < -0.39 is 23.6 Å². The minimum absolute atomic E-state index is 0.0686. The third-order valence-electron chi connectivity index (χ3n) is 4.47. The van der Waals surface area contributed by atoms with Crippen LogP contribution in [0.5, 0.6) is 11.6 Å².